The normalized spacial score (nSPS) is 11.6. The van der Waals surface area contributed by atoms with E-state index in [1.165, 1.54) is 0 Å². The number of carboxylic acid groups (broad SMARTS) is 1. The van der Waals surface area contributed by atoms with Gasteiger partial charge in [-0.15, -0.1) is 0 Å². The first-order valence-corrected chi connectivity index (χ1v) is 6.15. The lowest BCUT2D eigenvalue weighted by Gasteiger charge is -2.16. The van der Waals surface area contributed by atoms with Crippen molar-refractivity contribution >= 4 is 23.3 Å². The Morgan fingerprint density at radius 1 is 1.61 bits per heavy atom. The third kappa shape index (κ3) is 3.94. The molecule has 0 aliphatic carbocycles. The van der Waals surface area contributed by atoms with Gasteiger partial charge in [0.15, 0.2) is 0 Å². The van der Waals surface area contributed by atoms with E-state index in [1.807, 2.05) is 13.0 Å². The van der Waals surface area contributed by atoms with Gasteiger partial charge in [-0.1, -0.05) is 31.4 Å². The molecule has 1 unspecified atom stereocenters. The second kappa shape index (κ2) is 6.87. The van der Waals surface area contributed by atoms with Crippen LogP contribution in [0.2, 0.25) is 5.02 Å². The molecule has 0 saturated carbocycles. The fraction of sp³-hybridized carbons (Fsp3) is 0.385. The minimum absolute atomic E-state index is 0.414. The van der Waals surface area contributed by atoms with E-state index in [4.69, 9.17) is 22.0 Å². The number of nitrogens with zero attached hydrogens (tertiary/aromatic N) is 1. The first-order chi connectivity index (χ1) is 8.58. The lowest BCUT2D eigenvalue weighted by Crippen LogP contribution is -2.29. The molecule has 2 N–H and O–H groups in total. The molecule has 0 aliphatic rings. The zero-order chi connectivity index (χ0) is 13.5. The van der Waals surface area contributed by atoms with Gasteiger partial charge in [0.2, 0.25) is 0 Å². The molecule has 96 valence electrons. The summed E-state index contributed by atoms with van der Waals surface area (Å²) < 4.78 is 0. The fourth-order valence-electron chi connectivity index (χ4n) is 1.56. The number of aliphatic carboxylic acids is 1. The van der Waals surface area contributed by atoms with Crippen molar-refractivity contribution in [2.75, 3.05) is 5.32 Å². The maximum absolute atomic E-state index is 11.1. The Kier molecular flexibility index (Phi) is 5.47. The number of nitrogens with one attached hydrogen (secondary N) is 1. The summed E-state index contributed by atoms with van der Waals surface area (Å²) in [6, 6.07) is 6.05. The van der Waals surface area contributed by atoms with Crippen LogP contribution >= 0.6 is 11.6 Å². The van der Waals surface area contributed by atoms with Crippen molar-refractivity contribution < 1.29 is 9.90 Å². The van der Waals surface area contributed by atoms with E-state index in [2.05, 4.69) is 5.32 Å². The molecule has 1 rings (SSSR count). The second-order valence-corrected chi connectivity index (χ2v) is 4.39. The average molecular weight is 267 g/mol. The first kappa shape index (κ1) is 14.3. The van der Waals surface area contributed by atoms with Crippen LogP contribution in [0, 0.1) is 11.3 Å². The Bertz CT molecular complexity index is 469. The summed E-state index contributed by atoms with van der Waals surface area (Å²) in [5.74, 6) is -0.915. The summed E-state index contributed by atoms with van der Waals surface area (Å²) in [5, 5.41) is 21.2. The zero-order valence-corrected chi connectivity index (χ0v) is 10.9. The predicted octanol–water partition coefficient (Wildman–Crippen LogP) is 3.27. The lowest BCUT2D eigenvalue weighted by molar-refractivity contribution is -0.138. The summed E-state index contributed by atoms with van der Waals surface area (Å²) in [4.78, 5) is 11.1. The van der Waals surface area contributed by atoms with E-state index < -0.39 is 12.0 Å². The molecule has 0 radical (unpaired) electrons. The van der Waals surface area contributed by atoms with Gasteiger partial charge in [0, 0.05) is 0 Å². The summed E-state index contributed by atoms with van der Waals surface area (Å²) in [6.07, 6.45) is 2.27. The predicted molar refractivity (Wildman–Crippen MR) is 70.7 cm³/mol. The van der Waals surface area contributed by atoms with Crippen LogP contribution in [0.15, 0.2) is 18.2 Å². The van der Waals surface area contributed by atoms with Crippen LogP contribution in [-0.4, -0.2) is 17.1 Å². The molecule has 1 aromatic carbocycles. The molecule has 4 nitrogen and oxygen atoms in total. The standard InChI is InChI=1S/C13H15ClN2O2/c1-2-3-4-11(13(17)18)16-12-7-9(8-15)5-6-10(12)14/h5-7,11,16H,2-4H2,1H3,(H,17,18). The summed E-state index contributed by atoms with van der Waals surface area (Å²) in [5.41, 5.74) is 0.931. The molecule has 0 amide bonds. The van der Waals surface area contributed by atoms with Gasteiger partial charge >= 0.3 is 5.97 Å². The van der Waals surface area contributed by atoms with E-state index in [1.54, 1.807) is 18.2 Å². The van der Waals surface area contributed by atoms with Gasteiger partial charge in [0.05, 0.1) is 22.3 Å². The number of unbranched alkanes of at least 4 members (excludes halogenated alkanes) is 1. The third-order valence-corrected chi connectivity index (χ3v) is 2.90. The molecule has 18 heavy (non-hydrogen) atoms. The van der Waals surface area contributed by atoms with Crippen LogP contribution in [-0.2, 0) is 4.79 Å². The molecule has 0 aliphatic heterocycles. The van der Waals surface area contributed by atoms with Crippen molar-refractivity contribution in [3.63, 3.8) is 0 Å². The number of carbonyl (C=O) groups is 1. The van der Waals surface area contributed by atoms with Crippen molar-refractivity contribution in [1.82, 2.24) is 0 Å². The number of rotatable bonds is 6. The highest BCUT2D eigenvalue weighted by molar-refractivity contribution is 6.33. The minimum atomic E-state index is -0.915. The van der Waals surface area contributed by atoms with Crippen LogP contribution in [0.5, 0.6) is 0 Å². The Labute approximate surface area is 111 Å². The molecule has 0 bridgehead atoms. The number of benzene rings is 1. The lowest BCUT2D eigenvalue weighted by atomic mass is 10.1. The van der Waals surface area contributed by atoms with Crippen molar-refractivity contribution in [2.45, 2.75) is 32.2 Å². The number of carboxylic acids is 1. The van der Waals surface area contributed by atoms with E-state index >= 15 is 0 Å². The molecular weight excluding hydrogens is 252 g/mol. The van der Waals surface area contributed by atoms with Crippen LogP contribution in [0.3, 0.4) is 0 Å². The summed E-state index contributed by atoms with van der Waals surface area (Å²) in [6.45, 7) is 2.00. The van der Waals surface area contributed by atoms with Gasteiger partial charge in [-0.2, -0.15) is 5.26 Å². The number of hydrogen-bond donors (Lipinski definition) is 2. The smallest absolute Gasteiger partial charge is 0.326 e. The Morgan fingerprint density at radius 3 is 2.89 bits per heavy atom. The first-order valence-electron chi connectivity index (χ1n) is 5.77. The zero-order valence-electron chi connectivity index (χ0n) is 10.1. The molecule has 0 heterocycles. The maximum atomic E-state index is 11.1. The molecule has 1 atom stereocenters. The number of nitriles is 1. The largest absolute Gasteiger partial charge is 0.480 e. The van der Waals surface area contributed by atoms with Crippen LogP contribution in [0.1, 0.15) is 31.7 Å². The molecular formula is C13H15ClN2O2. The highest BCUT2D eigenvalue weighted by Crippen LogP contribution is 2.24. The summed E-state index contributed by atoms with van der Waals surface area (Å²) >= 11 is 5.97. The molecule has 0 spiro atoms. The molecule has 0 aromatic heterocycles. The van der Waals surface area contributed by atoms with Crippen LogP contribution in [0.25, 0.3) is 0 Å². The molecule has 5 heteroatoms. The van der Waals surface area contributed by atoms with Crippen molar-refractivity contribution in [2.24, 2.45) is 0 Å². The highest BCUT2D eigenvalue weighted by Gasteiger charge is 2.17. The minimum Gasteiger partial charge on any atom is -0.480 e. The average Bonchev–Trinajstić information content (AvgIpc) is 2.36. The topological polar surface area (TPSA) is 73.1 Å². The van der Waals surface area contributed by atoms with E-state index in [9.17, 15) is 4.79 Å². The maximum Gasteiger partial charge on any atom is 0.326 e. The van der Waals surface area contributed by atoms with Gasteiger partial charge in [-0.25, -0.2) is 4.79 Å². The highest BCUT2D eigenvalue weighted by atomic mass is 35.5. The van der Waals surface area contributed by atoms with Crippen molar-refractivity contribution in [3.8, 4) is 6.07 Å². The molecule has 0 saturated heterocycles. The van der Waals surface area contributed by atoms with Crippen LogP contribution in [0.4, 0.5) is 5.69 Å². The van der Waals surface area contributed by atoms with Crippen molar-refractivity contribution in [1.29, 1.82) is 5.26 Å². The molecule has 1 aromatic rings. The number of halogens is 1. The number of hydrogen-bond acceptors (Lipinski definition) is 3. The van der Waals surface area contributed by atoms with Gasteiger partial charge < -0.3 is 10.4 Å². The Balaban J connectivity index is 2.86. The third-order valence-electron chi connectivity index (χ3n) is 2.57. The van der Waals surface area contributed by atoms with E-state index in [-0.39, 0.29) is 0 Å². The monoisotopic (exact) mass is 266 g/mol. The van der Waals surface area contributed by atoms with Crippen LogP contribution < -0.4 is 5.32 Å². The van der Waals surface area contributed by atoms with E-state index in [0.717, 1.165) is 12.8 Å². The van der Waals surface area contributed by atoms with Gasteiger partial charge in [0.25, 0.3) is 0 Å². The fourth-order valence-corrected chi connectivity index (χ4v) is 1.73. The Morgan fingerprint density at radius 2 is 2.33 bits per heavy atom. The molecule has 0 fully saturated rings. The number of anilines is 1. The quantitative estimate of drug-likeness (QED) is 0.829. The second-order valence-electron chi connectivity index (χ2n) is 3.98. The van der Waals surface area contributed by atoms with Crippen molar-refractivity contribution in [3.05, 3.63) is 28.8 Å². The van der Waals surface area contributed by atoms with E-state index in [0.29, 0.717) is 22.7 Å². The summed E-state index contributed by atoms with van der Waals surface area (Å²) in [7, 11) is 0. The van der Waals surface area contributed by atoms with Gasteiger partial charge in [0.1, 0.15) is 6.04 Å². The van der Waals surface area contributed by atoms with Gasteiger partial charge in [-0.3, -0.25) is 0 Å². The Hall–Kier alpha value is -1.73. The SMILES string of the molecule is CCCCC(Nc1cc(C#N)ccc1Cl)C(=O)O. The van der Waals surface area contributed by atoms with Gasteiger partial charge in [-0.05, 0) is 24.6 Å².